The molecule has 4 nitrogen and oxygen atoms in total. The third-order valence-electron chi connectivity index (χ3n) is 3.29. The first kappa shape index (κ1) is 13.8. The molecule has 0 radical (unpaired) electrons. The Morgan fingerprint density at radius 3 is 2.62 bits per heavy atom. The van der Waals surface area contributed by atoms with Crippen LogP contribution in [0.15, 0.2) is 61.2 Å². The number of halogens is 1. The highest BCUT2D eigenvalue weighted by Crippen LogP contribution is 2.25. The molecule has 0 bridgehead atoms. The van der Waals surface area contributed by atoms with E-state index in [1.807, 2.05) is 41.1 Å². The van der Waals surface area contributed by atoms with Crippen LogP contribution in [0, 0.1) is 0 Å². The van der Waals surface area contributed by atoms with Gasteiger partial charge in [0.25, 0.3) is 0 Å². The van der Waals surface area contributed by atoms with Crippen LogP contribution in [-0.4, -0.2) is 19.6 Å². The standard InChI is InChI=1S/C16H14ClN3O/c17-14-4-2-1-3-13(14)15(21)11-20-10-9-19-16(20)12-5-7-18-8-6-12/h1-10,15,21H,11H2/t15-/m1/s1. The molecule has 0 amide bonds. The molecule has 2 aromatic heterocycles. The van der Waals surface area contributed by atoms with Crippen LogP contribution in [0.25, 0.3) is 11.4 Å². The molecule has 1 aromatic carbocycles. The fourth-order valence-electron chi connectivity index (χ4n) is 2.25. The van der Waals surface area contributed by atoms with Crippen molar-refractivity contribution in [3.63, 3.8) is 0 Å². The Morgan fingerprint density at radius 2 is 1.86 bits per heavy atom. The van der Waals surface area contributed by atoms with Gasteiger partial charge in [-0.05, 0) is 18.2 Å². The summed E-state index contributed by atoms with van der Waals surface area (Å²) >= 11 is 6.12. The first-order valence-corrected chi connectivity index (χ1v) is 6.97. The van der Waals surface area contributed by atoms with Gasteiger partial charge in [0.15, 0.2) is 0 Å². The number of aliphatic hydroxyl groups excluding tert-OH is 1. The molecule has 3 rings (SSSR count). The van der Waals surface area contributed by atoms with Crippen LogP contribution in [0.1, 0.15) is 11.7 Å². The van der Waals surface area contributed by atoms with Crippen LogP contribution in [-0.2, 0) is 6.54 Å². The first-order chi connectivity index (χ1) is 10.3. The maximum Gasteiger partial charge on any atom is 0.140 e. The summed E-state index contributed by atoms with van der Waals surface area (Å²) in [5.74, 6) is 0.795. The highest BCUT2D eigenvalue weighted by atomic mass is 35.5. The second-order valence-corrected chi connectivity index (χ2v) is 5.08. The predicted octanol–water partition coefficient (Wildman–Crippen LogP) is 3.33. The first-order valence-electron chi connectivity index (χ1n) is 6.60. The smallest absolute Gasteiger partial charge is 0.140 e. The summed E-state index contributed by atoms with van der Waals surface area (Å²) in [6.07, 6.45) is 6.32. The fraction of sp³-hybridized carbons (Fsp3) is 0.125. The van der Waals surface area contributed by atoms with Crippen LogP contribution < -0.4 is 0 Å². The highest BCUT2D eigenvalue weighted by Gasteiger charge is 2.14. The van der Waals surface area contributed by atoms with E-state index < -0.39 is 6.10 Å². The van der Waals surface area contributed by atoms with Crippen LogP contribution in [0.3, 0.4) is 0 Å². The molecule has 0 unspecified atom stereocenters. The van der Waals surface area contributed by atoms with E-state index in [1.54, 1.807) is 24.7 Å². The van der Waals surface area contributed by atoms with Crippen LogP contribution in [0.4, 0.5) is 0 Å². The van der Waals surface area contributed by atoms with Crippen molar-refractivity contribution >= 4 is 11.6 Å². The zero-order valence-corrected chi connectivity index (χ0v) is 12.0. The summed E-state index contributed by atoms with van der Waals surface area (Å²) in [5, 5.41) is 11.0. The summed E-state index contributed by atoms with van der Waals surface area (Å²) in [4.78, 5) is 8.35. The van der Waals surface area contributed by atoms with E-state index in [0.29, 0.717) is 17.1 Å². The van der Waals surface area contributed by atoms with Gasteiger partial charge in [0, 0.05) is 40.9 Å². The molecule has 5 heteroatoms. The third-order valence-corrected chi connectivity index (χ3v) is 3.63. The molecular formula is C16H14ClN3O. The van der Waals surface area contributed by atoms with Gasteiger partial charge in [-0.1, -0.05) is 29.8 Å². The Balaban J connectivity index is 1.87. The van der Waals surface area contributed by atoms with Crippen LogP contribution >= 0.6 is 11.6 Å². The van der Waals surface area contributed by atoms with Gasteiger partial charge in [-0.25, -0.2) is 4.98 Å². The van der Waals surface area contributed by atoms with Gasteiger partial charge in [-0.3, -0.25) is 4.98 Å². The summed E-state index contributed by atoms with van der Waals surface area (Å²) in [6.45, 7) is 0.390. The molecule has 0 aliphatic rings. The molecule has 0 aliphatic carbocycles. The largest absolute Gasteiger partial charge is 0.386 e. The maximum atomic E-state index is 10.4. The zero-order valence-electron chi connectivity index (χ0n) is 11.2. The SMILES string of the molecule is O[C@H](Cn1ccnc1-c1ccncc1)c1ccccc1Cl. The molecule has 106 valence electrons. The Labute approximate surface area is 127 Å². The maximum absolute atomic E-state index is 10.4. The molecule has 0 saturated carbocycles. The summed E-state index contributed by atoms with van der Waals surface area (Å²) in [6, 6.07) is 11.1. The van der Waals surface area contributed by atoms with Crippen LogP contribution in [0.5, 0.6) is 0 Å². The number of nitrogens with zero attached hydrogens (tertiary/aromatic N) is 3. The molecule has 0 fully saturated rings. The molecular weight excluding hydrogens is 286 g/mol. The van der Waals surface area contributed by atoms with Crippen LogP contribution in [0.2, 0.25) is 5.02 Å². The lowest BCUT2D eigenvalue weighted by molar-refractivity contribution is 0.157. The van der Waals surface area contributed by atoms with Crippen molar-refractivity contribution in [2.45, 2.75) is 12.6 Å². The number of imidazole rings is 1. The monoisotopic (exact) mass is 299 g/mol. The lowest BCUT2D eigenvalue weighted by Gasteiger charge is -2.15. The van der Waals surface area contributed by atoms with Gasteiger partial charge in [0.1, 0.15) is 5.82 Å². The quantitative estimate of drug-likeness (QED) is 0.804. The summed E-state index contributed by atoms with van der Waals surface area (Å²) in [5.41, 5.74) is 1.68. The van der Waals surface area contributed by atoms with Gasteiger partial charge in [0.05, 0.1) is 12.6 Å². The van der Waals surface area contributed by atoms with Gasteiger partial charge in [-0.2, -0.15) is 0 Å². The van der Waals surface area contributed by atoms with Gasteiger partial charge < -0.3 is 9.67 Å². The number of hydrogen-bond acceptors (Lipinski definition) is 3. The molecule has 0 saturated heterocycles. The summed E-state index contributed by atoms with van der Waals surface area (Å²) < 4.78 is 1.91. The predicted molar refractivity (Wildman–Crippen MR) is 81.9 cm³/mol. The Kier molecular flexibility index (Phi) is 3.99. The number of pyridine rings is 1. The average molecular weight is 300 g/mol. The van der Waals surface area contributed by atoms with E-state index in [4.69, 9.17) is 11.6 Å². The fourth-order valence-corrected chi connectivity index (χ4v) is 2.51. The highest BCUT2D eigenvalue weighted by molar-refractivity contribution is 6.31. The topological polar surface area (TPSA) is 50.9 Å². The normalized spacial score (nSPS) is 12.3. The molecule has 0 aliphatic heterocycles. The van der Waals surface area contributed by atoms with E-state index in [-0.39, 0.29) is 0 Å². The number of aromatic nitrogens is 3. The van der Waals surface area contributed by atoms with Crippen molar-refractivity contribution in [1.82, 2.24) is 14.5 Å². The number of hydrogen-bond donors (Lipinski definition) is 1. The van der Waals surface area contributed by atoms with E-state index >= 15 is 0 Å². The lowest BCUT2D eigenvalue weighted by atomic mass is 10.1. The van der Waals surface area contributed by atoms with Crippen molar-refractivity contribution < 1.29 is 5.11 Å². The van der Waals surface area contributed by atoms with Gasteiger partial charge in [-0.15, -0.1) is 0 Å². The average Bonchev–Trinajstić information content (AvgIpc) is 2.96. The van der Waals surface area contributed by atoms with Crippen molar-refractivity contribution in [3.8, 4) is 11.4 Å². The van der Waals surface area contributed by atoms with Crippen molar-refractivity contribution in [3.05, 3.63) is 71.8 Å². The minimum Gasteiger partial charge on any atom is -0.386 e. The Hall–Kier alpha value is -2.17. The van der Waals surface area contributed by atoms with Crippen molar-refractivity contribution in [2.75, 3.05) is 0 Å². The third kappa shape index (κ3) is 2.96. The second-order valence-electron chi connectivity index (χ2n) is 4.68. The second kappa shape index (κ2) is 6.08. The minimum absolute atomic E-state index is 0.390. The van der Waals surface area contributed by atoms with E-state index in [9.17, 15) is 5.11 Å². The van der Waals surface area contributed by atoms with E-state index in [0.717, 1.165) is 11.4 Å². The lowest BCUT2D eigenvalue weighted by Crippen LogP contribution is -2.09. The molecule has 3 aromatic rings. The Morgan fingerprint density at radius 1 is 1.10 bits per heavy atom. The van der Waals surface area contributed by atoms with Crippen molar-refractivity contribution in [1.29, 1.82) is 0 Å². The Bertz CT molecular complexity index is 727. The van der Waals surface area contributed by atoms with E-state index in [1.165, 1.54) is 0 Å². The number of benzene rings is 1. The molecule has 1 atom stereocenters. The van der Waals surface area contributed by atoms with E-state index in [2.05, 4.69) is 9.97 Å². The minimum atomic E-state index is -0.687. The van der Waals surface area contributed by atoms with Crippen molar-refractivity contribution in [2.24, 2.45) is 0 Å². The zero-order chi connectivity index (χ0) is 14.7. The molecule has 1 N–H and O–H groups in total. The van der Waals surface area contributed by atoms with Gasteiger partial charge >= 0.3 is 0 Å². The number of rotatable bonds is 4. The molecule has 2 heterocycles. The van der Waals surface area contributed by atoms with Gasteiger partial charge in [0.2, 0.25) is 0 Å². The number of aliphatic hydroxyl groups is 1. The molecule has 0 spiro atoms. The molecule has 21 heavy (non-hydrogen) atoms. The summed E-state index contributed by atoms with van der Waals surface area (Å²) in [7, 11) is 0.